The molecule has 3 aromatic rings. The lowest BCUT2D eigenvalue weighted by Gasteiger charge is -2.13. The van der Waals surface area contributed by atoms with Gasteiger partial charge in [0.25, 0.3) is 5.91 Å². The second kappa shape index (κ2) is 9.98. The molecule has 3 rings (SSSR count). The Morgan fingerprint density at radius 2 is 1.69 bits per heavy atom. The molecular weight excluding hydrogens is 434 g/mol. The van der Waals surface area contributed by atoms with Crippen LogP contribution in [0, 0.1) is 0 Å². The van der Waals surface area contributed by atoms with Gasteiger partial charge >= 0.3 is 0 Å². The van der Waals surface area contributed by atoms with Gasteiger partial charge in [0.05, 0.1) is 19.8 Å². The molecule has 1 N–H and O–H groups in total. The first-order chi connectivity index (χ1) is 14.1. The first-order valence-electron chi connectivity index (χ1n) is 9.06. The summed E-state index contributed by atoms with van der Waals surface area (Å²) in [5.41, 5.74) is 2.50. The van der Waals surface area contributed by atoms with Crippen molar-refractivity contribution in [1.29, 1.82) is 0 Å². The number of amides is 1. The van der Waals surface area contributed by atoms with Crippen LogP contribution in [-0.2, 0) is 13.2 Å². The van der Waals surface area contributed by atoms with Gasteiger partial charge in [-0.3, -0.25) is 4.79 Å². The van der Waals surface area contributed by atoms with Gasteiger partial charge in [-0.2, -0.15) is 0 Å². The normalized spacial score (nSPS) is 10.3. The largest absolute Gasteiger partial charge is 0.497 e. The third-order valence-corrected chi connectivity index (χ3v) is 5.03. The first-order valence-corrected chi connectivity index (χ1v) is 9.85. The van der Waals surface area contributed by atoms with Gasteiger partial charge in [-0.05, 0) is 57.4 Å². The Morgan fingerprint density at radius 3 is 2.41 bits per heavy atom. The number of rotatable bonds is 8. The molecule has 0 aliphatic carbocycles. The molecular formula is C23H22BrNO4. The van der Waals surface area contributed by atoms with Crippen molar-refractivity contribution >= 4 is 21.8 Å². The van der Waals surface area contributed by atoms with Crippen molar-refractivity contribution in [2.45, 2.75) is 13.2 Å². The van der Waals surface area contributed by atoms with Crippen molar-refractivity contribution in [2.24, 2.45) is 0 Å². The highest BCUT2D eigenvalue weighted by Crippen LogP contribution is 2.29. The van der Waals surface area contributed by atoms with Gasteiger partial charge < -0.3 is 19.5 Å². The Morgan fingerprint density at radius 1 is 0.897 bits per heavy atom. The minimum absolute atomic E-state index is 0.195. The molecule has 0 spiro atoms. The molecule has 0 atom stereocenters. The molecule has 0 radical (unpaired) electrons. The molecule has 3 aromatic carbocycles. The second-order valence-electron chi connectivity index (χ2n) is 6.29. The minimum Gasteiger partial charge on any atom is -0.497 e. The summed E-state index contributed by atoms with van der Waals surface area (Å²) in [6, 6.07) is 20.8. The lowest BCUT2D eigenvalue weighted by atomic mass is 10.1. The fourth-order valence-electron chi connectivity index (χ4n) is 2.76. The van der Waals surface area contributed by atoms with Gasteiger partial charge in [-0.1, -0.05) is 36.4 Å². The van der Waals surface area contributed by atoms with Gasteiger partial charge in [0.2, 0.25) is 0 Å². The number of methoxy groups -OCH3 is 2. The Kier molecular flexibility index (Phi) is 7.14. The van der Waals surface area contributed by atoms with Crippen LogP contribution in [0.5, 0.6) is 17.2 Å². The Labute approximate surface area is 178 Å². The topological polar surface area (TPSA) is 56.8 Å². The number of benzene rings is 3. The molecule has 0 unspecified atom stereocenters. The van der Waals surface area contributed by atoms with Crippen LogP contribution in [-0.4, -0.2) is 20.1 Å². The van der Waals surface area contributed by atoms with E-state index in [1.54, 1.807) is 32.4 Å². The molecule has 0 aromatic heterocycles. The van der Waals surface area contributed by atoms with Gasteiger partial charge in [0.15, 0.2) is 11.5 Å². The molecule has 6 heteroatoms. The third kappa shape index (κ3) is 5.51. The zero-order valence-corrected chi connectivity index (χ0v) is 17.9. The summed E-state index contributed by atoms with van der Waals surface area (Å²) in [6.45, 7) is 0.814. The van der Waals surface area contributed by atoms with Crippen LogP contribution in [0.25, 0.3) is 0 Å². The lowest BCUT2D eigenvalue weighted by Crippen LogP contribution is -2.23. The van der Waals surface area contributed by atoms with Gasteiger partial charge in [0.1, 0.15) is 12.4 Å². The summed E-state index contributed by atoms with van der Waals surface area (Å²) in [6.07, 6.45) is 0. The molecule has 0 heterocycles. The summed E-state index contributed by atoms with van der Waals surface area (Å²) in [7, 11) is 3.17. The Balaban J connectivity index is 1.65. The molecule has 0 saturated carbocycles. The fraction of sp³-hybridized carbons (Fsp3) is 0.174. The van der Waals surface area contributed by atoms with E-state index in [4.69, 9.17) is 14.2 Å². The van der Waals surface area contributed by atoms with Gasteiger partial charge in [-0.15, -0.1) is 0 Å². The number of halogens is 1. The van der Waals surface area contributed by atoms with Crippen molar-refractivity contribution < 1.29 is 19.0 Å². The van der Waals surface area contributed by atoms with Crippen LogP contribution < -0.4 is 19.5 Å². The molecule has 0 fully saturated rings. The quantitative estimate of drug-likeness (QED) is 0.520. The van der Waals surface area contributed by atoms with E-state index in [1.807, 2.05) is 48.5 Å². The lowest BCUT2D eigenvalue weighted by molar-refractivity contribution is 0.0949. The molecule has 0 aliphatic heterocycles. The van der Waals surface area contributed by atoms with E-state index in [1.165, 1.54) is 0 Å². The summed E-state index contributed by atoms with van der Waals surface area (Å²) < 4.78 is 17.2. The highest BCUT2D eigenvalue weighted by Gasteiger charge is 2.12. The monoisotopic (exact) mass is 455 g/mol. The molecule has 1 amide bonds. The summed E-state index contributed by atoms with van der Waals surface area (Å²) in [5, 5.41) is 2.92. The average molecular weight is 456 g/mol. The fourth-order valence-corrected chi connectivity index (χ4v) is 3.19. The molecule has 0 bridgehead atoms. The molecule has 0 saturated heterocycles. The molecule has 5 nitrogen and oxygen atoms in total. The first kappa shape index (κ1) is 20.7. The predicted molar refractivity (Wildman–Crippen MR) is 116 cm³/mol. The summed E-state index contributed by atoms with van der Waals surface area (Å²) in [4.78, 5) is 12.5. The number of carbonyl (C=O) groups excluding carboxylic acids is 1. The van der Waals surface area contributed by atoms with Crippen LogP contribution in [0.1, 0.15) is 21.5 Å². The van der Waals surface area contributed by atoms with E-state index >= 15 is 0 Å². The number of hydrogen-bond acceptors (Lipinski definition) is 4. The van der Waals surface area contributed by atoms with Crippen LogP contribution in [0.3, 0.4) is 0 Å². The molecule has 0 aliphatic rings. The van der Waals surface area contributed by atoms with E-state index in [-0.39, 0.29) is 5.91 Å². The van der Waals surface area contributed by atoms with E-state index in [0.717, 1.165) is 11.1 Å². The van der Waals surface area contributed by atoms with Crippen molar-refractivity contribution in [3.63, 3.8) is 0 Å². The number of nitrogens with one attached hydrogen (secondary N) is 1. The maximum atomic E-state index is 12.5. The standard InChI is InChI=1S/C23H22BrNO4/c1-27-18-9-10-20(24)19(13-18)23(26)25-14-17-8-11-21(22(12-17)28-2)29-15-16-6-4-3-5-7-16/h3-13H,14-15H2,1-2H3,(H,25,26). The number of ether oxygens (including phenoxy) is 3. The van der Waals surface area contributed by atoms with E-state index < -0.39 is 0 Å². The van der Waals surface area contributed by atoms with E-state index in [9.17, 15) is 4.79 Å². The Bertz CT molecular complexity index is 976. The van der Waals surface area contributed by atoms with Gasteiger partial charge in [0, 0.05) is 11.0 Å². The van der Waals surface area contributed by atoms with E-state index in [2.05, 4.69) is 21.2 Å². The summed E-state index contributed by atoms with van der Waals surface area (Å²) in [5.74, 6) is 1.70. The van der Waals surface area contributed by atoms with Crippen LogP contribution >= 0.6 is 15.9 Å². The zero-order valence-electron chi connectivity index (χ0n) is 16.3. The predicted octanol–water partition coefficient (Wildman–Crippen LogP) is 4.98. The van der Waals surface area contributed by atoms with Gasteiger partial charge in [-0.25, -0.2) is 0 Å². The molecule has 29 heavy (non-hydrogen) atoms. The minimum atomic E-state index is -0.195. The second-order valence-corrected chi connectivity index (χ2v) is 7.14. The average Bonchev–Trinajstić information content (AvgIpc) is 2.77. The van der Waals surface area contributed by atoms with Crippen LogP contribution in [0.15, 0.2) is 71.2 Å². The van der Waals surface area contributed by atoms with Crippen LogP contribution in [0.4, 0.5) is 0 Å². The zero-order chi connectivity index (χ0) is 20.6. The maximum absolute atomic E-state index is 12.5. The third-order valence-electron chi connectivity index (χ3n) is 4.34. The summed E-state index contributed by atoms with van der Waals surface area (Å²) >= 11 is 3.40. The smallest absolute Gasteiger partial charge is 0.252 e. The van der Waals surface area contributed by atoms with E-state index in [0.29, 0.717) is 40.4 Å². The highest BCUT2D eigenvalue weighted by molar-refractivity contribution is 9.10. The van der Waals surface area contributed by atoms with Crippen molar-refractivity contribution in [3.8, 4) is 17.2 Å². The van der Waals surface area contributed by atoms with Crippen molar-refractivity contribution in [3.05, 3.63) is 87.9 Å². The SMILES string of the molecule is COc1ccc(Br)c(C(=O)NCc2ccc(OCc3ccccc3)c(OC)c2)c1. The van der Waals surface area contributed by atoms with Crippen molar-refractivity contribution in [2.75, 3.05) is 14.2 Å². The highest BCUT2D eigenvalue weighted by atomic mass is 79.9. The Hall–Kier alpha value is -2.99. The number of hydrogen-bond donors (Lipinski definition) is 1. The maximum Gasteiger partial charge on any atom is 0.252 e. The van der Waals surface area contributed by atoms with Crippen LogP contribution in [0.2, 0.25) is 0 Å². The molecule has 150 valence electrons. The number of carbonyl (C=O) groups is 1. The van der Waals surface area contributed by atoms with Crippen molar-refractivity contribution in [1.82, 2.24) is 5.32 Å².